The summed E-state index contributed by atoms with van der Waals surface area (Å²) in [5.74, 6) is 6.48. The Morgan fingerprint density at radius 3 is 2.35 bits per heavy atom. The molecule has 1 saturated heterocycles. The molecule has 2 fully saturated rings. The number of hydrogen-bond donors (Lipinski definition) is 3. The maximum absolute atomic E-state index is 9.87. The van der Waals surface area contributed by atoms with Crippen molar-refractivity contribution in [2.75, 3.05) is 32.7 Å². The summed E-state index contributed by atoms with van der Waals surface area (Å²) in [5.41, 5.74) is 2.14. The molecule has 0 aromatic rings. The molecule has 0 amide bonds. The number of hydrogen-bond acceptors (Lipinski definition) is 4. The minimum absolute atomic E-state index is 0.440. The van der Waals surface area contributed by atoms with E-state index in [0.29, 0.717) is 12.6 Å². The lowest BCUT2D eigenvalue weighted by molar-refractivity contribution is 0.0248. The second kappa shape index (κ2) is 6.74. The van der Waals surface area contributed by atoms with Gasteiger partial charge in [-0.2, -0.15) is 0 Å². The van der Waals surface area contributed by atoms with E-state index in [1.165, 1.54) is 25.7 Å². The maximum Gasteiger partial charge on any atom is 0.208 e. The molecule has 0 radical (unpaired) electrons. The molecule has 0 bridgehead atoms. The smallest absolute Gasteiger partial charge is 0.208 e. The molecule has 0 unspecified atom stereocenters. The molecule has 116 valence electrons. The van der Waals surface area contributed by atoms with E-state index in [-0.39, 0.29) is 0 Å². The Labute approximate surface area is 122 Å². The van der Waals surface area contributed by atoms with Gasteiger partial charge in [0.2, 0.25) is 5.96 Å². The average molecular weight is 283 g/mol. The lowest BCUT2D eigenvalue weighted by Crippen LogP contribution is -2.55. The van der Waals surface area contributed by atoms with Crippen molar-refractivity contribution in [3.05, 3.63) is 0 Å². The van der Waals surface area contributed by atoms with Crippen molar-refractivity contribution in [3.8, 4) is 0 Å². The van der Waals surface area contributed by atoms with E-state index < -0.39 is 5.60 Å². The molecule has 0 aromatic carbocycles. The fraction of sp³-hybridized carbons (Fsp3) is 0.929. The predicted octanol–water partition coefficient (Wildman–Crippen LogP) is 0.137. The largest absolute Gasteiger partial charge is 0.389 e. The lowest BCUT2D eigenvalue weighted by Gasteiger charge is -2.38. The third kappa shape index (κ3) is 4.61. The minimum atomic E-state index is -0.630. The van der Waals surface area contributed by atoms with Gasteiger partial charge in [-0.3, -0.25) is 10.3 Å². The van der Waals surface area contributed by atoms with E-state index in [4.69, 9.17) is 10.8 Å². The molecule has 6 nitrogen and oxygen atoms in total. The number of piperazine rings is 1. The van der Waals surface area contributed by atoms with E-state index in [1.807, 2.05) is 13.8 Å². The van der Waals surface area contributed by atoms with Crippen LogP contribution in [0.2, 0.25) is 0 Å². The molecular formula is C14H29N5O. The quantitative estimate of drug-likeness (QED) is 0.297. The van der Waals surface area contributed by atoms with Crippen LogP contribution in [-0.2, 0) is 0 Å². The summed E-state index contributed by atoms with van der Waals surface area (Å²) in [5, 5.41) is 9.87. The van der Waals surface area contributed by atoms with E-state index in [2.05, 4.69) is 15.2 Å². The first-order valence-electron chi connectivity index (χ1n) is 7.72. The standard InChI is InChI=1S/C14H29N5O/c1-14(2,20)11-18-7-9-19(10-8-18)13(17-15)16-12-5-3-4-6-12/h12,20H,3-11,15H2,1-2H3,(H,16,17). The Bertz CT molecular complexity index is 325. The monoisotopic (exact) mass is 283 g/mol. The van der Waals surface area contributed by atoms with Gasteiger partial charge in [-0.1, -0.05) is 12.8 Å². The molecule has 2 aliphatic rings. The number of guanidine groups is 1. The summed E-state index contributed by atoms with van der Waals surface area (Å²) in [4.78, 5) is 9.27. The fourth-order valence-electron chi connectivity index (χ4n) is 3.08. The Hall–Kier alpha value is -0.850. The summed E-state index contributed by atoms with van der Waals surface area (Å²) >= 11 is 0. The van der Waals surface area contributed by atoms with Crippen LogP contribution in [0, 0.1) is 0 Å². The number of nitrogens with one attached hydrogen (secondary N) is 1. The maximum atomic E-state index is 9.87. The molecular weight excluding hydrogens is 254 g/mol. The molecule has 1 saturated carbocycles. The highest BCUT2D eigenvalue weighted by Gasteiger charge is 2.25. The zero-order valence-corrected chi connectivity index (χ0v) is 12.8. The SMILES string of the molecule is CC(C)(O)CN1CCN(C(=NC2CCCC2)NN)CC1. The molecule has 4 N–H and O–H groups in total. The van der Waals surface area contributed by atoms with Crippen molar-refractivity contribution in [2.24, 2.45) is 10.8 Å². The molecule has 0 atom stereocenters. The first-order chi connectivity index (χ1) is 9.48. The highest BCUT2D eigenvalue weighted by atomic mass is 16.3. The van der Waals surface area contributed by atoms with Crippen LogP contribution in [0.25, 0.3) is 0 Å². The highest BCUT2D eigenvalue weighted by molar-refractivity contribution is 5.79. The van der Waals surface area contributed by atoms with E-state index in [9.17, 15) is 5.11 Å². The van der Waals surface area contributed by atoms with Crippen LogP contribution in [0.4, 0.5) is 0 Å². The van der Waals surface area contributed by atoms with Crippen molar-refractivity contribution in [1.29, 1.82) is 0 Å². The number of rotatable bonds is 3. The molecule has 2 rings (SSSR count). The Kier molecular flexibility index (Phi) is 5.23. The van der Waals surface area contributed by atoms with Gasteiger partial charge in [0.05, 0.1) is 11.6 Å². The number of nitrogens with zero attached hydrogens (tertiary/aromatic N) is 3. The summed E-state index contributed by atoms with van der Waals surface area (Å²) in [7, 11) is 0. The molecule has 1 heterocycles. The first kappa shape index (κ1) is 15.5. The summed E-state index contributed by atoms with van der Waals surface area (Å²) < 4.78 is 0. The summed E-state index contributed by atoms with van der Waals surface area (Å²) in [6.45, 7) is 8.12. The van der Waals surface area contributed by atoms with Crippen LogP contribution in [0.5, 0.6) is 0 Å². The molecule has 1 aliphatic carbocycles. The number of β-amino-alcohol motifs (C(OH)–C–C–N with tert-alkyl or cyclic N) is 1. The molecule has 20 heavy (non-hydrogen) atoms. The zero-order chi connectivity index (χ0) is 14.6. The highest BCUT2D eigenvalue weighted by Crippen LogP contribution is 2.21. The minimum Gasteiger partial charge on any atom is -0.389 e. The van der Waals surface area contributed by atoms with Crippen LogP contribution < -0.4 is 11.3 Å². The molecule has 6 heteroatoms. The molecule has 0 spiro atoms. The fourth-order valence-corrected chi connectivity index (χ4v) is 3.08. The van der Waals surface area contributed by atoms with Gasteiger partial charge in [-0.25, -0.2) is 10.8 Å². The first-order valence-corrected chi connectivity index (χ1v) is 7.72. The third-order valence-electron chi connectivity index (χ3n) is 4.04. The number of nitrogens with two attached hydrogens (primary N) is 1. The van der Waals surface area contributed by atoms with Gasteiger partial charge in [0.15, 0.2) is 0 Å². The second-order valence-corrected chi connectivity index (χ2v) is 6.61. The van der Waals surface area contributed by atoms with Crippen molar-refractivity contribution in [2.45, 2.75) is 51.2 Å². The third-order valence-corrected chi connectivity index (χ3v) is 4.04. The summed E-state index contributed by atoms with van der Waals surface area (Å²) in [6.07, 6.45) is 4.93. The lowest BCUT2D eigenvalue weighted by atomic mass is 10.1. The topological polar surface area (TPSA) is 77.1 Å². The number of hydrazine groups is 1. The van der Waals surface area contributed by atoms with Gasteiger partial charge in [-0.15, -0.1) is 0 Å². The van der Waals surface area contributed by atoms with Gasteiger partial charge in [0.25, 0.3) is 0 Å². The van der Waals surface area contributed by atoms with Crippen LogP contribution in [0.15, 0.2) is 4.99 Å². The normalized spacial score (nSPS) is 23.4. The van der Waals surface area contributed by atoms with Gasteiger partial charge < -0.3 is 10.0 Å². The van der Waals surface area contributed by atoms with Crippen LogP contribution in [0.1, 0.15) is 39.5 Å². The van der Waals surface area contributed by atoms with E-state index in [1.54, 1.807) is 0 Å². The molecule has 0 aromatic heterocycles. The van der Waals surface area contributed by atoms with Gasteiger partial charge in [0.1, 0.15) is 0 Å². The number of aliphatic imine (C=N–C) groups is 1. The summed E-state index contributed by atoms with van der Waals surface area (Å²) in [6, 6.07) is 0.440. The van der Waals surface area contributed by atoms with Gasteiger partial charge in [0, 0.05) is 32.7 Å². The van der Waals surface area contributed by atoms with E-state index in [0.717, 1.165) is 32.1 Å². The van der Waals surface area contributed by atoms with Crippen LogP contribution >= 0.6 is 0 Å². The molecule has 1 aliphatic heterocycles. The number of aliphatic hydroxyl groups is 1. The Balaban J connectivity index is 1.85. The van der Waals surface area contributed by atoms with E-state index >= 15 is 0 Å². The van der Waals surface area contributed by atoms with Crippen molar-refractivity contribution in [1.82, 2.24) is 15.2 Å². The zero-order valence-electron chi connectivity index (χ0n) is 12.8. The van der Waals surface area contributed by atoms with Crippen LogP contribution in [0.3, 0.4) is 0 Å². The van der Waals surface area contributed by atoms with Crippen molar-refractivity contribution in [3.63, 3.8) is 0 Å². The van der Waals surface area contributed by atoms with Crippen molar-refractivity contribution < 1.29 is 5.11 Å². The Morgan fingerprint density at radius 2 is 1.85 bits per heavy atom. The predicted molar refractivity (Wildman–Crippen MR) is 81.3 cm³/mol. The average Bonchev–Trinajstić information content (AvgIpc) is 2.88. The van der Waals surface area contributed by atoms with Crippen molar-refractivity contribution >= 4 is 5.96 Å². The van der Waals surface area contributed by atoms with Gasteiger partial charge >= 0.3 is 0 Å². The Morgan fingerprint density at radius 1 is 1.25 bits per heavy atom. The van der Waals surface area contributed by atoms with Gasteiger partial charge in [-0.05, 0) is 26.7 Å². The second-order valence-electron chi connectivity index (χ2n) is 6.61. The van der Waals surface area contributed by atoms with Crippen LogP contribution in [-0.4, -0.2) is 65.2 Å².